The number of amides is 1. The summed E-state index contributed by atoms with van der Waals surface area (Å²) in [7, 11) is 1.33. The molecule has 0 fully saturated rings. The van der Waals surface area contributed by atoms with E-state index in [0.29, 0.717) is 23.9 Å². The van der Waals surface area contributed by atoms with E-state index in [0.717, 1.165) is 51.4 Å². The number of likely N-dealkylation sites (N-methyl/N-ethyl adjacent to an activating group) is 1. The first kappa shape index (κ1) is 89.7. The number of allylic oxidation sites excluding steroid dienone is 6. The topological polar surface area (TPSA) is 108 Å². The number of carbonyl (C=O) groups excluding carboxylic acids is 1. The molecule has 91 heavy (non-hydrogen) atoms. The van der Waals surface area contributed by atoms with Gasteiger partial charge >= 0.3 is 0 Å². The zero-order chi connectivity index (χ0) is 66.2. The second-order valence-electron chi connectivity index (χ2n) is 29.5. The monoisotopic (exact) mass is 1300 g/mol. The van der Waals surface area contributed by atoms with Crippen LogP contribution >= 0.6 is 7.82 Å². The van der Waals surface area contributed by atoms with Crippen molar-refractivity contribution in [3.8, 4) is 0 Å². The highest BCUT2D eigenvalue weighted by molar-refractivity contribution is 7.45. The molecule has 0 aromatic carbocycles. The molecule has 0 heterocycles. The van der Waals surface area contributed by atoms with Crippen molar-refractivity contribution in [1.29, 1.82) is 0 Å². The van der Waals surface area contributed by atoms with Gasteiger partial charge in [-0.2, -0.15) is 0 Å². The van der Waals surface area contributed by atoms with Crippen LogP contribution in [-0.4, -0.2) is 68.5 Å². The van der Waals surface area contributed by atoms with Crippen LogP contribution < -0.4 is 10.2 Å². The van der Waals surface area contributed by atoms with E-state index in [2.05, 4.69) is 55.6 Å². The van der Waals surface area contributed by atoms with E-state index in [-0.39, 0.29) is 19.1 Å². The summed E-state index contributed by atoms with van der Waals surface area (Å²) < 4.78 is 23.6. The molecule has 0 aliphatic rings. The second-order valence-corrected chi connectivity index (χ2v) is 30.9. The summed E-state index contributed by atoms with van der Waals surface area (Å²) in [5, 5.41) is 14.2. The van der Waals surface area contributed by atoms with Crippen LogP contribution in [-0.2, 0) is 18.4 Å². The van der Waals surface area contributed by atoms with Gasteiger partial charge in [-0.1, -0.05) is 410 Å². The minimum Gasteiger partial charge on any atom is -0.756 e. The molecule has 3 atom stereocenters. The van der Waals surface area contributed by atoms with E-state index < -0.39 is 20.0 Å². The number of hydrogen-bond donors (Lipinski definition) is 2. The van der Waals surface area contributed by atoms with Gasteiger partial charge in [-0.05, 0) is 51.4 Å². The second kappa shape index (κ2) is 73.0. The first-order valence-electron chi connectivity index (χ1n) is 40.8. The molecule has 0 rings (SSSR count). The Morgan fingerprint density at radius 1 is 0.385 bits per heavy atom. The van der Waals surface area contributed by atoms with E-state index in [9.17, 15) is 19.4 Å². The highest BCUT2D eigenvalue weighted by Crippen LogP contribution is 2.38. The Bertz CT molecular complexity index is 1580. The van der Waals surface area contributed by atoms with E-state index in [1.807, 2.05) is 21.1 Å². The lowest BCUT2D eigenvalue weighted by Crippen LogP contribution is -2.46. The quantitative estimate of drug-likeness (QED) is 0.0272. The molecule has 0 aromatic heterocycles. The van der Waals surface area contributed by atoms with Gasteiger partial charge in [0.25, 0.3) is 7.82 Å². The molecule has 0 saturated heterocycles. The van der Waals surface area contributed by atoms with Gasteiger partial charge in [-0.25, -0.2) is 0 Å². The summed E-state index contributed by atoms with van der Waals surface area (Å²) in [5.41, 5.74) is 0. The zero-order valence-corrected chi connectivity index (χ0v) is 63.0. The van der Waals surface area contributed by atoms with Crippen molar-refractivity contribution in [2.45, 2.75) is 443 Å². The van der Waals surface area contributed by atoms with Crippen molar-refractivity contribution in [2.24, 2.45) is 0 Å². The summed E-state index contributed by atoms with van der Waals surface area (Å²) in [5.74, 6) is -0.154. The Hall–Kier alpha value is -1.28. The number of phosphoric acid groups is 1. The van der Waals surface area contributed by atoms with E-state index >= 15 is 0 Å². The number of nitrogens with one attached hydrogen (secondary N) is 1. The van der Waals surface area contributed by atoms with E-state index in [1.165, 1.54) is 353 Å². The van der Waals surface area contributed by atoms with Gasteiger partial charge in [0.2, 0.25) is 5.91 Å². The molecule has 0 spiro atoms. The minimum atomic E-state index is -4.58. The number of hydrogen-bond acceptors (Lipinski definition) is 6. The average molecular weight is 1300 g/mol. The number of aliphatic hydroxyl groups is 1. The smallest absolute Gasteiger partial charge is 0.268 e. The van der Waals surface area contributed by atoms with Crippen LogP contribution in [0.25, 0.3) is 0 Å². The van der Waals surface area contributed by atoms with Crippen LogP contribution in [0.5, 0.6) is 0 Å². The fourth-order valence-corrected chi connectivity index (χ4v) is 13.5. The van der Waals surface area contributed by atoms with Crippen molar-refractivity contribution in [3.63, 3.8) is 0 Å². The Morgan fingerprint density at radius 2 is 0.637 bits per heavy atom. The molecule has 0 aliphatic heterocycles. The van der Waals surface area contributed by atoms with Crippen LogP contribution in [0.15, 0.2) is 36.5 Å². The number of aliphatic hydroxyl groups excluding tert-OH is 1. The number of phosphoric ester groups is 1. The van der Waals surface area contributed by atoms with Crippen LogP contribution in [0, 0.1) is 0 Å². The lowest BCUT2D eigenvalue weighted by molar-refractivity contribution is -0.870. The molecule has 3 unspecified atom stereocenters. The van der Waals surface area contributed by atoms with Crippen LogP contribution in [0.4, 0.5) is 0 Å². The molecule has 8 nitrogen and oxygen atoms in total. The average Bonchev–Trinajstić information content (AvgIpc) is 3.59. The Morgan fingerprint density at radius 3 is 0.923 bits per heavy atom. The van der Waals surface area contributed by atoms with Gasteiger partial charge in [-0.3, -0.25) is 9.36 Å². The summed E-state index contributed by atoms with van der Waals surface area (Å²) in [6.07, 6.45) is 98.5. The lowest BCUT2D eigenvalue weighted by atomic mass is 10.0. The number of nitrogens with zero attached hydrogens (tertiary/aromatic N) is 1. The van der Waals surface area contributed by atoms with Gasteiger partial charge < -0.3 is 28.8 Å². The SMILES string of the molecule is CCCCCCC/C=C\C/C=C\C/C=C\CCCCCCCCCCCCCCCCCCCCCCCCCCCCC(=O)NC(COP(=O)([O-])OCC[N+](C)(C)C)C(O)CCCCCCCCCCCCCCCCCCCCCCCCCCCCCC. The third kappa shape index (κ3) is 76.0. The predicted octanol–water partition coefficient (Wildman–Crippen LogP) is 26.1. The third-order valence-electron chi connectivity index (χ3n) is 19.1. The van der Waals surface area contributed by atoms with Gasteiger partial charge in [0.1, 0.15) is 13.2 Å². The Labute approximate surface area is 569 Å². The highest BCUT2D eigenvalue weighted by atomic mass is 31.2. The molecule has 9 heteroatoms. The molecule has 0 radical (unpaired) electrons. The molecule has 0 aromatic rings. The van der Waals surface area contributed by atoms with E-state index in [1.54, 1.807) is 0 Å². The maximum Gasteiger partial charge on any atom is 0.268 e. The third-order valence-corrected chi connectivity index (χ3v) is 20.1. The molecule has 0 bridgehead atoms. The maximum absolute atomic E-state index is 13.1. The van der Waals surface area contributed by atoms with E-state index in [4.69, 9.17) is 9.05 Å². The number of rotatable bonds is 77. The molecular formula is C82H161N2O6P. The Balaban J connectivity index is 3.88. The van der Waals surface area contributed by atoms with Crippen molar-refractivity contribution in [2.75, 3.05) is 40.9 Å². The van der Waals surface area contributed by atoms with Gasteiger partial charge in [0.15, 0.2) is 0 Å². The van der Waals surface area contributed by atoms with Crippen LogP contribution in [0.2, 0.25) is 0 Å². The van der Waals surface area contributed by atoms with Crippen molar-refractivity contribution in [3.05, 3.63) is 36.5 Å². The largest absolute Gasteiger partial charge is 0.756 e. The molecule has 0 saturated carbocycles. The van der Waals surface area contributed by atoms with Gasteiger partial charge in [0, 0.05) is 6.42 Å². The molecular weight excluding hydrogens is 1140 g/mol. The van der Waals surface area contributed by atoms with Gasteiger partial charge in [-0.15, -0.1) is 0 Å². The normalized spacial score (nSPS) is 13.6. The fourth-order valence-electron chi connectivity index (χ4n) is 12.8. The maximum atomic E-state index is 13.1. The zero-order valence-electron chi connectivity index (χ0n) is 62.1. The number of carbonyl (C=O) groups is 1. The summed E-state index contributed by atoms with van der Waals surface area (Å²) in [4.78, 5) is 25.7. The summed E-state index contributed by atoms with van der Waals surface area (Å²) >= 11 is 0. The first-order chi connectivity index (χ1) is 44.5. The predicted molar refractivity (Wildman–Crippen MR) is 399 cm³/mol. The fraction of sp³-hybridized carbons (Fsp3) is 0.915. The number of unbranched alkanes of at least 4 members (excludes halogenated alkanes) is 58. The van der Waals surface area contributed by atoms with Crippen molar-refractivity contribution < 1.29 is 32.9 Å². The summed E-state index contributed by atoms with van der Waals surface area (Å²) in [6.45, 7) is 4.78. The molecule has 2 N–H and O–H groups in total. The van der Waals surface area contributed by atoms with Crippen LogP contribution in [0.1, 0.15) is 431 Å². The van der Waals surface area contributed by atoms with Crippen molar-refractivity contribution in [1.82, 2.24) is 5.32 Å². The van der Waals surface area contributed by atoms with Crippen LogP contribution in [0.3, 0.4) is 0 Å². The lowest BCUT2D eigenvalue weighted by Gasteiger charge is -2.30. The first-order valence-corrected chi connectivity index (χ1v) is 42.3. The number of quaternary nitrogens is 1. The standard InChI is InChI=1S/C82H161N2O6P/c1-6-8-10-12-14-16-18-20-22-24-26-28-30-32-34-36-37-38-39-40-41-42-43-44-45-46-47-48-50-52-54-56-58-60-62-64-66-68-70-72-74-76-82(86)83-80(79-90-91(87,88)89-78-77-84(3,4)5)81(85)75-73-71-69-67-65-63-61-59-57-55-53-51-49-35-33-31-29-27-25-23-21-19-17-15-13-11-9-7-2/h18,20,24,26,30,32,80-81,85H,6-17,19,21-23,25,27-29,31,33-79H2,1-5H3,(H-,83,86,87,88)/b20-18-,26-24-,32-30-. The molecule has 540 valence electrons. The Kier molecular flexibility index (Phi) is 72.0. The minimum absolute atomic E-state index is 0.0153. The van der Waals surface area contributed by atoms with Gasteiger partial charge in [0.05, 0.1) is 39.9 Å². The summed E-state index contributed by atoms with van der Waals surface area (Å²) in [6, 6.07) is -0.800. The van der Waals surface area contributed by atoms with Crippen molar-refractivity contribution >= 4 is 13.7 Å². The highest BCUT2D eigenvalue weighted by Gasteiger charge is 2.24. The molecule has 0 aliphatic carbocycles. The molecule has 1 amide bonds.